The molecule has 1 aliphatic rings. The second-order valence-electron chi connectivity index (χ2n) is 5.93. The lowest BCUT2D eigenvalue weighted by atomic mass is 9.91. The van der Waals surface area contributed by atoms with Gasteiger partial charge in [-0.3, -0.25) is 0 Å². The highest BCUT2D eigenvalue weighted by Gasteiger charge is 2.44. The molecule has 1 fully saturated rings. The summed E-state index contributed by atoms with van der Waals surface area (Å²) in [5.41, 5.74) is 1.83. The zero-order valence-corrected chi connectivity index (χ0v) is 14.6. The molecule has 5 nitrogen and oxygen atoms in total. The molecule has 1 saturated heterocycles. The molecule has 2 aromatic carbocycles. The van der Waals surface area contributed by atoms with Gasteiger partial charge in [-0.15, -0.1) is 6.58 Å². The Labute approximate surface area is 147 Å². The summed E-state index contributed by atoms with van der Waals surface area (Å²) in [6, 6.07) is 15.0. The largest absolute Gasteiger partial charge is 0.448 e. The number of ether oxygens (including phenoxy) is 1. The number of rotatable bonds is 4. The molecule has 0 bridgehead atoms. The molecule has 0 unspecified atom stereocenters. The van der Waals surface area contributed by atoms with Crippen molar-refractivity contribution in [3.8, 4) is 0 Å². The van der Waals surface area contributed by atoms with Crippen molar-refractivity contribution in [1.29, 1.82) is 0 Å². The van der Waals surface area contributed by atoms with E-state index in [4.69, 9.17) is 4.74 Å². The van der Waals surface area contributed by atoms with Gasteiger partial charge >= 0.3 is 6.09 Å². The quantitative estimate of drug-likeness (QED) is 0.786. The number of carbonyl (C=O) groups is 1. The molecule has 0 spiro atoms. The summed E-state index contributed by atoms with van der Waals surface area (Å²) in [4.78, 5) is 12.4. The van der Waals surface area contributed by atoms with Crippen LogP contribution >= 0.6 is 0 Å². The minimum Gasteiger partial charge on any atom is -0.448 e. The zero-order valence-electron chi connectivity index (χ0n) is 13.8. The van der Waals surface area contributed by atoms with Crippen LogP contribution in [0, 0.1) is 6.92 Å². The van der Waals surface area contributed by atoms with E-state index in [2.05, 4.69) is 6.58 Å². The predicted octanol–water partition coefficient (Wildman–Crippen LogP) is 3.47. The maximum absolute atomic E-state index is 13.0. The number of nitrogens with zero attached hydrogens (tertiary/aromatic N) is 1. The normalized spacial score (nSPS) is 20.8. The first-order chi connectivity index (χ1) is 11.9. The van der Waals surface area contributed by atoms with E-state index >= 15 is 0 Å². The summed E-state index contributed by atoms with van der Waals surface area (Å²) in [5, 5.41) is 0. The van der Waals surface area contributed by atoms with Crippen LogP contribution in [0.15, 0.2) is 72.1 Å². The SMILES string of the molecule is C=C[C@@H]1[C@H](c2ccccc2)COC(=O)N1S(=O)(=O)c1ccc(C)cc1. The first-order valence-electron chi connectivity index (χ1n) is 7.90. The van der Waals surface area contributed by atoms with E-state index in [-0.39, 0.29) is 17.4 Å². The fraction of sp³-hybridized carbons (Fsp3) is 0.211. The van der Waals surface area contributed by atoms with Gasteiger partial charge in [0.05, 0.1) is 10.9 Å². The standard InChI is InChI=1S/C19H19NO4S/c1-3-18-17(15-7-5-4-6-8-15)13-24-19(21)20(18)25(22,23)16-11-9-14(2)10-12-16/h3-12,17-18H,1,13H2,2H3/t17-,18+/m0/s1. The van der Waals surface area contributed by atoms with Crippen molar-refractivity contribution in [2.45, 2.75) is 23.8 Å². The van der Waals surface area contributed by atoms with Gasteiger partial charge in [-0.1, -0.05) is 54.1 Å². The van der Waals surface area contributed by atoms with Crippen LogP contribution in [0.5, 0.6) is 0 Å². The van der Waals surface area contributed by atoms with E-state index in [0.29, 0.717) is 0 Å². The Kier molecular flexibility index (Phi) is 4.63. The molecule has 1 aliphatic heterocycles. The molecule has 25 heavy (non-hydrogen) atoms. The van der Waals surface area contributed by atoms with Crippen molar-refractivity contribution in [3.63, 3.8) is 0 Å². The topological polar surface area (TPSA) is 63.7 Å². The lowest BCUT2D eigenvalue weighted by Gasteiger charge is -2.38. The minimum absolute atomic E-state index is 0.0515. The minimum atomic E-state index is -4.04. The maximum Gasteiger partial charge on any atom is 0.424 e. The van der Waals surface area contributed by atoms with Gasteiger partial charge < -0.3 is 4.74 Å². The van der Waals surface area contributed by atoms with Crippen molar-refractivity contribution in [2.75, 3.05) is 6.61 Å². The number of hydrogen-bond acceptors (Lipinski definition) is 4. The van der Waals surface area contributed by atoms with Gasteiger partial charge in [0, 0.05) is 5.92 Å². The van der Waals surface area contributed by atoms with E-state index in [1.807, 2.05) is 37.3 Å². The van der Waals surface area contributed by atoms with Gasteiger partial charge in [0.2, 0.25) is 0 Å². The molecule has 2 aromatic rings. The van der Waals surface area contributed by atoms with Crippen LogP contribution in [-0.2, 0) is 14.8 Å². The van der Waals surface area contributed by atoms with Gasteiger partial charge in [0.15, 0.2) is 0 Å². The third kappa shape index (κ3) is 3.17. The van der Waals surface area contributed by atoms with E-state index in [9.17, 15) is 13.2 Å². The van der Waals surface area contributed by atoms with Crippen LogP contribution in [0.4, 0.5) is 4.79 Å². The van der Waals surface area contributed by atoms with Crippen LogP contribution in [0.25, 0.3) is 0 Å². The van der Waals surface area contributed by atoms with Gasteiger partial charge in [-0.25, -0.2) is 13.2 Å². The van der Waals surface area contributed by atoms with E-state index < -0.39 is 22.2 Å². The molecule has 6 heteroatoms. The molecule has 0 aromatic heterocycles. The fourth-order valence-electron chi connectivity index (χ4n) is 2.94. The maximum atomic E-state index is 13.0. The van der Waals surface area contributed by atoms with E-state index in [0.717, 1.165) is 15.4 Å². The van der Waals surface area contributed by atoms with Crippen LogP contribution < -0.4 is 0 Å². The number of amides is 1. The lowest BCUT2D eigenvalue weighted by Crippen LogP contribution is -2.51. The summed E-state index contributed by atoms with van der Waals surface area (Å²) in [5.74, 6) is -0.309. The molecule has 1 heterocycles. The number of hydrogen-bond donors (Lipinski definition) is 0. The number of cyclic esters (lactones) is 1. The second-order valence-corrected chi connectivity index (χ2v) is 7.75. The molecule has 130 valence electrons. The number of benzene rings is 2. The van der Waals surface area contributed by atoms with Crippen molar-refractivity contribution in [3.05, 3.63) is 78.4 Å². The third-order valence-electron chi connectivity index (χ3n) is 4.30. The summed E-state index contributed by atoms with van der Waals surface area (Å²) >= 11 is 0. The molecular formula is C19H19NO4S. The van der Waals surface area contributed by atoms with Gasteiger partial charge in [0.25, 0.3) is 10.0 Å². The predicted molar refractivity (Wildman–Crippen MR) is 94.7 cm³/mol. The number of aryl methyl sites for hydroxylation is 1. The number of carbonyl (C=O) groups excluding carboxylic acids is 1. The van der Waals surface area contributed by atoms with Crippen LogP contribution in [0.3, 0.4) is 0 Å². The first kappa shape index (κ1) is 17.2. The third-order valence-corrected chi connectivity index (χ3v) is 6.07. The Balaban J connectivity index is 2.04. The van der Waals surface area contributed by atoms with Crippen molar-refractivity contribution >= 4 is 16.1 Å². The van der Waals surface area contributed by atoms with Gasteiger partial charge in [-0.2, -0.15) is 4.31 Å². The lowest BCUT2D eigenvalue weighted by molar-refractivity contribution is 0.0758. The Morgan fingerprint density at radius 1 is 1.12 bits per heavy atom. The Hall–Kier alpha value is -2.60. The molecule has 2 atom stereocenters. The molecule has 3 rings (SSSR count). The van der Waals surface area contributed by atoms with Gasteiger partial charge in [-0.05, 0) is 24.6 Å². The highest BCUT2D eigenvalue weighted by Crippen LogP contribution is 2.33. The van der Waals surface area contributed by atoms with Gasteiger partial charge in [0.1, 0.15) is 6.61 Å². The molecule has 0 aliphatic carbocycles. The van der Waals surface area contributed by atoms with E-state index in [1.54, 1.807) is 12.1 Å². The molecule has 0 N–H and O–H groups in total. The molecule has 0 saturated carbocycles. The summed E-state index contributed by atoms with van der Waals surface area (Å²) < 4.78 is 32.0. The fourth-order valence-corrected chi connectivity index (χ4v) is 4.45. The van der Waals surface area contributed by atoms with E-state index in [1.165, 1.54) is 18.2 Å². The second kappa shape index (κ2) is 6.72. The summed E-state index contributed by atoms with van der Waals surface area (Å²) in [7, 11) is -4.04. The average molecular weight is 357 g/mol. The highest BCUT2D eigenvalue weighted by atomic mass is 32.2. The Bertz CT molecular complexity index is 875. The first-order valence-corrected chi connectivity index (χ1v) is 9.34. The van der Waals surface area contributed by atoms with Crippen LogP contribution in [0.1, 0.15) is 17.0 Å². The van der Waals surface area contributed by atoms with Crippen molar-refractivity contribution < 1.29 is 17.9 Å². The molecule has 0 radical (unpaired) electrons. The molecule has 1 amide bonds. The summed E-state index contributed by atoms with van der Waals surface area (Å²) in [6.45, 7) is 5.73. The smallest absolute Gasteiger partial charge is 0.424 e. The molecular weight excluding hydrogens is 338 g/mol. The van der Waals surface area contributed by atoms with Crippen molar-refractivity contribution in [2.24, 2.45) is 0 Å². The Morgan fingerprint density at radius 3 is 2.36 bits per heavy atom. The monoisotopic (exact) mass is 357 g/mol. The van der Waals surface area contributed by atoms with Crippen LogP contribution in [-0.4, -0.2) is 31.5 Å². The van der Waals surface area contributed by atoms with Crippen LogP contribution in [0.2, 0.25) is 0 Å². The highest BCUT2D eigenvalue weighted by molar-refractivity contribution is 7.89. The average Bonchev–Trinajstić information content (AvgIpc) is 2.62. The zero-order chi connectivity index (χ0) is 18.0. The summed E-state index contributed by atoms with van der Waals surface area (Å²) in [6.07, 6.45) is 0.613. The number of sulfonamides is 1. The van der Waals surface area contributed by atoms with Crippen molar-refractivity contribution in [1.82, 2.24) is 4.31 Å². The Morgan fingerprint density at radius 2 is 1.76 bits per heavy atom.